The zero-order valence-electron chi connectivity index (χ0n) is 11.0. The maximum Gasteiger partial charge on any atom is 0.163 e. The van der Waals surface area contributed by atoms with E-state index < -0.39 is 0 Å². The maximum absolute atomic E-state index is 5.58. The summed E-state index contributed by atoms with van der Waals surface area (Å²) >= 11 is 0. The molecule has 0 spiro atoms. The van der Waals surface area contributed by atoms with E-state index in [0.717, 1.165) is 39.6 Å². The molecule has 0 radical (unpaired) electrons. The Hall–Kier alpha value is -2.56. The Kier molecular flexibility index (Phi) is 2.39. The summed E-state index contributed by atoms with van der Waals surface area (Å²) < 4.78 is 11.2. The van der Waals surface area contributed by atoms with Gasteiger partial charge in [-0.1, -0.05) is 0 Å². The van der Waals surface area contributed by atoms with E-state index in [2.05, 4.69) is 15.0 Å². The van der Waals surface area contributed by atoms with Crippen LogP contribution in [0.25, 0.3) is 22.4 Å². The number of aryl methyl sites for hydroxylation is 1. The van der Waals surface area contributed by atoms with E-state index in [1.165, 1.54) is 0 Å². The number of aromatic nitrogens is 3. The first kappa shape index (κ1) is 11.3. The van der Waals surface area contributed by atoms with Crippen molar-refractivity contribution in [2.24, 2.45) is 0 Å². The van der Waals surface area contributed by atoms with Crippen LogP contribution in [0, 0.1) is 6.92 Å². The molecule has 0 saturated carbocycles. The molecule has 0 amide bonds. The number of fused-ring (bicyclic) bond motifs is 2. The lowest BCUT2D eigenvalue weighted by Crippen LogP contribution is -2.15. The van der Waals surface area contributed by atoms with E-state index in [1.807, 2.05) is 31.2 Å². The smallest absolute Gasteiger partial charge is 0.163 e. The molecule has 1 aromatic carbocycles. The van der Waals surface area contributed by atoms with Crippen molar-refractivity contribution in [3.05, 3.63) is 36.2 Å². The van der Waals surface area contributed by atoms with E-state index in [9.17, 15) is 0 Å². The lowest BCUT2D eigenvalue weighted by atomic mass is 10.2. The highest BCUT2D eigenvalue weighted by Gasteiger charge is 2.15. The van der Waals surface area contributed by atoms with Crippen molar-refractivity contribution >= 4 is 11.0 Å². The average Bonchev–Trinajstić information content (AvgIpc) is 2.87. The minimum Gasteiger partial charge on any atom is -0.486 e. The van der Waals surface area contributed by atoms with Gasteiger partial charge in [-0.15, -0.1) is 0 Å². The van der Waals surface area contributed by atoms with Gasteiger partial charge in [0.05, 0.1) is 11.0 Å². The van der Waals surface area contributed by atoms with E-state index in [-0.39, 0.29) is 0 Å². The van der Waals surface area contributed by atoms with E-state index in [1.54, 1.807) is 6.20 Å². The van der Waals surface area contributed by atoms with Crippen LogP contribution in [0.2, 0.25) is 0 Å². The Balaban J connectivity index is 1.86. The van der Waals surface area contributed by atoms with Gasteiger partial charge in [-0.25, -0.2) is 4.98 Å². The molecular weight excluding hydrogens is 254 g/mol. The number of imidazole rings is 1. The highest BCUT2D eigenvalue weighted by atomic mass is 16.6. The lowest BCUT2D eigenvalue weighted by Gasteiger charge is -2.17. The number of rotatable bonds is 1. The molecule has 5 heteroatoms. The van der Waals surface area contributed by atoms with Gasteiger partial charge >= 0.3 is 0 Å². The van der Waals surface area contributed by atoms with Gasteiger partial charge in [-0.3, -0.25) is 4.98 Å². The number of ether oxygens (including phenoxy) is 2. The fourth-order valence-electron chi connectivity index (χ4n) is 2.38. The third-order valence-electron chi connectivity index (χ3n) is 3.32. The molecule has 0 bridgehead atoms. The molecule has 3 heterocycles. The van der Waals surface area contributed by atoms with Crippen LogP contribution in [0.3, 0.4) is 0 Å². The fourth-order valence-corrected chi connectivity index (χ4v) is 2.38. The summed E-state index contributed by atoms with van der Waals surface area (Å²) in [4.78, 5) is 12.1. The van der Waals surface area contributed by atoms with Crippen LogP contribution < -0.4 is 9.47 Å². The second kappa shape index (κ2) is 4.23. The summed E-state index contributed by atoms with van der Waals surface area (Å²) in [6.07, 6.45) is 1.79. The monoisotopic (exact) mass is 267 g/mol. The normalized spacial score (nSPS) is 13.7. The third-order valence-corrected chi connectivity index (χ3v) is 3.32. The predicted octanol–water partition coefficient (Wildman–Crippen LogP) is 2.70. The van der Waals surface area contributed by atoms with Gasteiger partial charge in [0.15, 0.2) is 11.5 Å². The summed E-state index contributed by atoms with van der Waals surface area (Å²) in [5, 5.41) is 0. The van der Waals surface area contributed by atoms with Crippen molar-refractivity contribution in [3.8, 4) is 22.9 Å². The number of benzene rings is 1. The topological polar surface area (TPSA) is 60.0 Å². The quantitative estimate of drug-likeness (QED) is 0.736. The standard InChI is InChI=1S/C15H13N3O2/c1-9-6-10(2-3-16-9)15-17-11-7-13-14(8-12(11)18-15)20-5-4-19-13/h2-3,6-8H,4-5H2,1H3,(H,17,18). The molecule has 4 rings (SSSR count). The molecule has 0 fully saturated rings. The van der Waals surface area contributed by atoms with E-state index >= 15 is 0 Å². The zero-order chi connectivity index (χ0) is 13.5. The van der Waals surface area contributed by atoms with Crippen LogP contribution in [0.15, 0.2) is 30.5 Å². The summed E-state index contributed by atoms with van der Waals surface area (Å²) in [5.74, 6) is 2.35. The van der Waals surface area contributed by atoms with Crippen LogP contribution in [-0.4, -0.2) is 28.2 Å². The number of hydrogen-bond donors (Lipinski definition) is 1. The number of hydrogen-bond acceptors (Lipinski definition) is 4. The summed E-state index contributed by atoms with van der Waals surface area (Å²) in [5.41, 5.74) is 3.81. The Morgan fingerprint density at radius 1 is 1.10 bits per heavy atom. The van der Waals surface area contributed by atoms with Crippen molar-refractivity contribution in [1.29, 1.82) is 0 Å². The van der Waals surface area contributed by atoms with Crippen molar-refractivity contribution in [2.75, 3.05) is 13.2 Å². The molecule has 5 nitrogen and oxygen atoms in total. The molecule has 0 atom stereocenters. The van der Waals surface area contributed by atoms with Gasteiger partial charge in [0.2, 0.25) is 0 Å². The molecule has 1 N–H and O–H groups in total. The molecule has 100 valence electrons. The zero-order valence-corrected chi connectivity index (χ0v) is 11.0. The van der Waals surface area contributed by atoms with Gasteiger partial charge in [0.1, 0.15) is 19.0 Å². The number of nitrogens with zero attached hydrogens (tertiary/aromatic N) is 2. The molecule has 20 heavy (non-hydrogen) atoms. The number of pyridine rings is 1. The molecule has 3 aromatic rings. The SMILES string of the molecule is Cc1cc(-c2nc3cc4c(cc3[nH]2)OCCO4)ccn1. The Morgan fingerprint density at radius 2 is 1.90 bits per heavy atom. The van der Waals surface area contributed by atoms with Gasteiger partial charge in [-0.2, -0.15) is 0 Å². The van der Waals surface area contributed by atoms with E-state index in [0.29, 0.717) is 13.2 Å². The molecule has 2 aromatic heterocycles. The molecule has 0 saturated heterocycles. The largest absolute Gasteiger partial charge is 0.486 e. The van der Waals surface area contributed by atoms with Crippen LogP contribution in [0.4, 0.5) is 0 Å². The van der Waals surface area contributed by atoms with Gasteiger partial charge in [-0.05, 0) is 19.1 Å². The minimum atomic E-state index is 0.583. The number of nitrogens with one attached hydrogen (secondary N) is 1. The van der Waals surface area contributed by atoms with Gasteiger partial charge in [0.25, 0.3) is 0 Å². The van der Waals surface area contributed by atoms with Crippen molar-refractivity contribution in [2.45, 2.75) is 6.92 Å². The Labute approximate surface area is 115 Å². The summed E-state index contributed by atoms with van der Waals surface area (Å²) in [6.45, 7) is 3.13. The summed E-state index contributed by atoms with van der Waals surface area (Å²) in [6, 6.07) is 7.80. The van der Waals surface area contributed by atoms with Crippen molar-refractivity contribution in [1.82, 2.24) is 15.0 Å². The average molecular weight is 267 g/mol. The Bertz CT molecular complexity index is 752. The first-order valence-electron chi connectivity index (χ1n) is 6.52. The molecule has 1 aliphatic heterocycles. The first-order valence-corrected chi connectivity index (χ1v) is 6.52. The molecule has 1 aliphatic rings. The highest BCUT2D eigenvalue weighted by Crippen LogP contribution is 2.34. The van der Waals surface area contributed by atoms with Crippen LogP contribution >= 0.6 is 0 Å². The summed E-state index contributed by atoms with van der Waals surface area (Å²) in [7, 11) is 0. The van der Waals surface area contributed by atoms with E-state index in [4.69, 9.17) is 9.47 Å². The van der Waals surface area contributed by atoms with Crippen molar-refractivity contribution < 1.29 is 9.47 Å². The minimum absolute atomic E-state index is 0.583. The molecular formula is C15H13N3O2. The van der Waals surface area contributed by atoms with Crippen LogP contribution in [0.5, 0.6) is 11.5 Å². The number of H-pyrrole nitrogens is 1. The second-order valence-corrected chi connectivity index (χ2v) is 4.78. The van der Waals surface area contributed by atoms with Crippen LogP contribution in [-0.2, 0) is 0 Å². The highest BCUT2D eigenvalue weighted by molar-refractivity contribution is 5.83. The first-order chi connectivity index (χ1) is 9.79. The number of aromatic amines is 1. The van der Waals surface area contributed by atoms with Gasteiger partial charge in [0, 0.05) is 29.6 Å². The van der Waals surface area contributed by atoms with Crippen LogP contribution in [0.1, 0.15) is 5.69 Å². The lowest BCUT2D eigenvalue weighted by molar-refractivity contribution is 0.172. The predicted molar refractivity (Wildman–Crippen MR) is 75.1 cm³/mol. The third kappa shape index (κ3) is 1.79. The fraction of sp³-hybridized carbons (Fsp3) is 0.200. The molecule has 0 unspecified atom stereocenters. The van der Waals surface area contributed by atoms with Crippen molar-refractivity contribution in [3.63, 3.8) is 0 Å². The van der Waals surface area contributed by atoms with Gasteiger partial charge < -0.3 is 14.5 Å². The molecule has 0 aliphatic carbocycles. The maximum atomic E-state index is 5.58. The Morgan fingerprint density at radius 3 is 2.70 bits per heavy atom. The second-order valence-electron chi connectivity index (χ2n) is 4.78.